The van der Waals surface area contributed by atoms with Crippen LogP contribution in [0.2, 0.25) is 0 Å². The zero-order valence-electron chi connectivity index (χ0n) is 20.1. The number of aliphatic hydroxyl groups is 3. The first-order valence-corrected chi connectivity index (χ1v) is 13.1. The normalized spacial score (nSPS) is 24.3. The van der Waals surface area contributed by atoms with Gasteiger partial charge in [0, 0.05) is 6.61 Å². The molecule has 1 aliphatic rings. The molecule has 1 fully saturated rings. The molecule has 0 aliphatic carbocycles. The summed E-state index contributed by atoms with van der Waals surface area (Å²) in [6, 6.07) is 0. The minimum atomic E-state index is -1.09. The van der Waals surface area contributed by atoms with Gasteiger partial charge >= 0.3 is 0 Å². The lowest BCUT2D eigenvalue weighted by molar-refractivity contribution is -0.208. The summed E-state index contributed by atoms with van der Waals surface area (Å²) in [4.78, 5) is 0. The van der Waals surface area contributed by atoms with Crippen LogP contribution in [0.1, 0.15) is 110 Å². The summed E-state index contributed by atoms with van der Waals surface area (Å²) in [5, 5.41) is 28.9. The molecule has 1 rings (SSSR count). The van der Waals surface area contributed by atoms with E-state index in [1.54, 1.807) is 0 Å². The van der Waals surface area contributed by atoms with Crippen LogP contribution >= 0.6 is 0 Å². The van der Waals surface area contributed by atoms with Crippen LogP contribution in [0.3, 0.4) is 0 Å². The van der Waals surface area contributed by atoms with E-state index in [0.717, 1.165) is 19.3 Å². The third-order valence-electron chi connectivity index (χ3n) is 6.25. The highest BCUT2D eigenvalue weighted by Gasteiger charge is 2.38. The van der Waals surface area contributed by atoms with E-state index in [2.05, 4.69) is 19.1 Å². The summed E-state index contributed by atoms with van der Waals surface area (Å²) < 4.78 is 11.0. The van der Waals surface area contributed by atoms with Gasteiger partial charge in [-0.2, -0.15) is 0 Å². The van der Waals surface area contributed by atoms with Crippen molar-refractivity contribution in [3.63, 3.8) is 0 Å². The Morgan fingerprint density at radius 3 is 1.81 bits per heavy atom. The minimum absolute atomic E-state index is 0.216. The number of hydrogen-bond donors (Lipinski definition) is 3. The van der Waals surface area contributed by atoms with Gasteiger partial charge in [0.05, 0.1) is 13.2 Å². The topological polar surface area (TPSA) is 79.2 Å². The Balaban J connectivity index is 1.82. The van der Waals surface area contributed by atoms with E-state index in [-0.39, 0.29) is 13.2 Å². The van der Waals surface area contributed by atoms with Crippen LogP contribution in [0, 0.1) is 0 Å². The quantitative estimate of drug-likeness (QED) is 0.176. The van der Waals surface area contributed by atoms with Crippen LogP contribution in [0.25, 0.3) is 0 Å². The smallest absolute Gasteiger partial charge is 0.111 e. The van der Waals surface area contributed by atoms with Crippen molar-refractivity contribution in [1.29, 1.82) is 0 Å². The maximum absolute atomic E-state index is 10.0. The molecule has 0 unspecified atom stereocenters. The molecule has 0 radical (unpaired) electrons. The SMILES string of the molecule is CCCCCCCCCCCC/C=C/CCCCCCO[C@H]1CO[C@H](CO)[C@@H](O)[C@@H]1O. The number of allylic oxidation sites excluding steroid dienone is 2. The van der Waals surface area contributed by atoms with Gasteiger partial charge < -0.3 is 24.8 Å². The lowest BCUT2D eigenvalue weighted by Crippen LogP contribution is -2.55. The largest absolute Gasteiger partial charge is 0.394 e. The van der Waals surface area contributed by atoms with Crippen molar-refractivity contribution < 1.29 is 24.8 Å². The first-order chi connectivity index (χ1) is 15.2. The van der Waals surface area contributed by atoms with E-state index < -0.39 is 24.4 Å². The average Bonchev–Trinajstić information content (AvgIpc) is 2.78. The second-order valence-electron chi connectivity index (χ2n) is 9.09. The molecule has 0 amide bonds. The predicted molar refractivity (Wildman–Crippen MR) is 127 cm³/mol. The summed E-state index contributed by atoms with van der Waals surface area (Å²) in [6.45, 7) is 2.76. The van der Waals surface area contributed by atoms with Crippen molar-refractivity contribution in [2.24, 2.45) is 0 Å². The monoisotopic (exact) mass is 442 g/mol. The molecule has 4 atom stereocenters. The Morgan fingerprint density at radius 2 is 1.26 bits per heavy atom. The lowest BCUT2D eigenvalue weighted by Gasteiger charge is -2.36. The Hall–Kier alpha value is -0.460. The number of unbranched alkanes of at least 4 members (excludes halogenated alkanes) is 14. The lowest BCUT2D eigenvalue weighted by atomic mass is 10.0. The van der Waals surface area contributed by atoms with Crippen molar-refractivity contribution in [2.45, 2.75) is 134 Å². The molecule has 5 nitrogen and oxygen atoms in total. The van der Waals surface area contributed by atoms with Gasteiger partial charge in [-0.3, -0.25) is 0 Å². The van der Waals surface area contributed by atoms with Crippen LogP contribution in [-0.4, -0.2) is 59.6 Å². The van der Waals surface area contributed by atoms with E-state index in [9.17, 15) is 10.2 Å². The van der Waals surface area contributed by atoms with Gasteiger partial charge in [-0.05, 0) is 32.1 Å². The highest BCUT2D eigenvalue weighted by Crippen LogP contribution is 2.18. The molecule has 0 aromatic heterocycles. The number of aliphatic hydroxyl groups excluding tert-OH is 3. The van der Waals surface area contributed by atoms with Gasteiger partial charge in [0.2, 0.25) is 0 Å². The van der Waals surface area contributed by atoms with Gasteiger partial charge in [-0.15, -0.1) is 0 Å². The first-order valence-electron chi connectivity index (χ1n) is 13.1. The summed E-state index contributed by atoms with van der Waals surface area (Å²) in [5.74, 6) is 0. The van der Waals surface area contributed by atoms with Crippen molar-refractivity contribution in [1.82, 2.24) is 0 Å². The van der Waals surface area contributed by atoms with Crippen molar-refractivity contribution in [2.75, 3.05) is 19.8 Å². The summed E-state index contributed by atoms with van der Waals surface area (Å²) in [5.41, 5.74) is 0. The molecule has 1 aliphatic heterocycles. The van der Waals surface area contributed by atoms with Crippen LogP contribution in [0.5, 0.6) is 0 Å². The molecular weight excluding hydrogens is 392 g/mol. The van der Waals surface area contributed by atoms with E-state index >= 15 is 0 Å². The van der Waals surface area contributed by atoms with E-state index in [1.807, 2.05) is 0 Å². The van der Waals surface area contributed by atoms with E-state index in [0.29, 0.717) is 6.61 Å². The van der Waals surface area contributed by atoms with E-state index in [1.165, 1.54) is 83.5 Å². The predicted octanol–water partition coefficient (Wildman–Crippen LogP) is 5.30. The van der Waals surface area contributed by atoms with Crippen molar-refractivity contribution >= 4 is 0 Å². The molecular formula is C26H50O5. The number of ether oxygens (including phenoxy) is 2. The Bertz CT molecular complexity index is 415. The summed E-state index contributed by atoms with van der Waals surface area (Å²) >= 11 is 0. The minimum Gasteiger partial charge on any atom is -0.394 e. The third-order valence-corrected chi connectivity index (χ3v) is 6.25. The van der Waals surface area contributed by atoms with Gasteiger partial charge in [-0.25, -0.2) is 0 Å². The Morgan fingerprint density at radius 1 is 0.742 bits per heavy atom. The first kappa shape index (κ1) is 28.6. The maximum Gasteiger partial charge on any atom is 0.111 e. The molecule has 0 aromatic carbocycles. The molecule has 31 heavy (non-hydrogen) atoms. The van der Waals surface area contributed by atoms with Crippen LogP contribution in [0.4, 0.5) is 0 Å². The van der Waals surface area contributed by atoms with Crippen LogP contribution < -0.4 is 0 Å². The summed E-state index contributed by atoms with van der Waals surface area (Å²) in [6.07, 6.45) is 22.2. The molecule has 3 N–H and O–H groups in total. The van der Waals surface area contributed by atoms with E-state index in [4.69, 9.17) is 14.6 Å². The number of rotatable bonds is 20. The summed E-state index contributed by atoms with van der Waals surface area (Å²) in [7, 11) is 0. The van der Waals surface area contributed by atoms with Crippen LogP contribution in [-0.2, 0) is 9.47 Å². The molecule has 0 aromatic rings. The second-order valence-corrected chi connectivity index (χ2v) is 9.09. The second kappa shape index (κ2) is 20.2. The Labute approximate surface area is 191 Å². The molecule has 184 valence electrons. The maximum atomic E-state index is 10.0. The zero-order chi connectivity index (χ0) is 22.6. The van der Waals surface area contributed by atoms with Crippen molar-refractivity contribution in [3.05, 3.63) is 12.2 Å². The average molecular weight is 443 g/mol. The highest BCUT2D eigenvalue weighted by molar-refractivity contribution is 4.87. The van der Waals surface area contributed by atoms with Gasteiger partial charge in [0.1, 0.15) is 24.4 Å². The third kappa shape index (κ3) is 14.3. The van der Waals surface area contributed by atoms with Gasteiger partial charge in [0.25, 0.3) is 0 Å². The molecule has 0 bridgehead atoms. The van der Waals surface area contributed by atoms with Gasteiger partial charge in [0.15, 0.2) is 0 Å². The standard InChI is InChI=1S/C26H50O5/c1-2-3-4-5-6-7-8-9-10-11-12-13-14-15-16-17-18-19-20-30-24-22-31-23(21-27)25(28)26(24)29/h13-14,23-29H,2-12,15-22H2,1H3/b14-13+/t23-,24+,25-,26-/m1/s1. The van der Waals surface area contributed by atoms with Crippen molar-refractivity contribution in [3.8, 4) is 0 Å². The molecule has 1 saturated heterocycles. The fourth-order valence-electron chi connectivity index (χ4n) is 4.10. The van der Waals surface area contributed by atoms with Crippen LogP contribution in [0.15, 0.2) is 12.2 Å². The Kier molecular flexibility index (Phi) is 18.6. The molecule has 1 heterocycles. The highest BCUT2D eigenvalue weighted by atomic mass is 16.6. The molecule has 5 heteroatoms. The molecule has 0 saturated carbocycles. The fourth-order valence-corrected chi connectivity index (χ4v) is 4.10. The van der Waals surface area contributed by atoms with Gasteiger partial charge in [-0.1, -0.05) is 89.7 Å². The zero-order valence-corrected chi connectivity index (χ0v) is 20.1. The molecule has 0 spiro atoms. The number of hydrogen-bond acceptors (Lipinski definition) is 5. The fraction of sp³-hybridized carbons (Fsp3) is 0.923.